The molecule has 1 aliphatic rings. The van der Waals surface area contributed by atoms with Gasteiger partial charge in [0, 0.05) is 10.9 Å². The Hall–Kier alpha value is -2.39. The summed E-state index contributed by atoms with van der Waals surface area (Å²) in [7, 11) is 1.62. The van der Waals surface area contributed by atoms with Crippen molar-refractivity contribution in [1.29, 1.82) is 5.26 Å². The number of benzene rings is 1. The van der Waals surface area contributed by atoms with E-state index in [9.17, 15) is 10.1 Å². The molecule has 5 nitrogen and oxygen atoms in total. The van der Waals surface area contributed by atoms with Gasteiger partial charge in [0.1, 0.15) is 17.4 Å². The van der Waals surface area contributed by atoms with Crippen molar-refractivity contribution in [2.45, 2.75) is 32.3 Å². The number of thiazole rings is 1. The van der Waals surface area contributed by atoms with Gasteiger partial charge < -0.3 is 9.47 Å². The molecule has 0 N–H and O–H groups in total. The van der Waals surface area contributed by atoms with Gasteiger partial charge in [0.2, 0.25) is 0 Å². The quantitative estimate of drug-likeness (QED) is 0.769. The molecular weight excluding hydrogens is 324 g/mol. The monoisotopic (exact) mass is 342 g/mol. The predicted octanol–water partition coefficient (Wildman–Crippen LogP) is 3.95. The van der Waals surface area contributed by atoms with Crippen LogP contribution < -0.4 is 4.74 Å². The van der Waals surface area contributed by atoms with E-state index in [1.807, 2.05) is 29.6 Å². The normalized spacial score (nSPS) is 15.7. The number of carbonyl (C=O) groups is 1. The van der Waals surface area contributed by atoms with E-state index in [0.717, 1.165) is 29.2 Å². The van der Waals surface area contributed by atoms with Gasteiger partial charge in [-0.25, -0.2) is 4.98 Å². The fourth-order valence-electron chi connectivity index (χ4n) is 2.88. The Balaban J connectivity index is 1.66. The Bertz CT molecular complexity index is 773. The highest BCUT2D eigenvalue weighted by Gasteiger charge is 2.43. The Morgan fingerprint density at radius 3 is 2.92 bits per heavy atom. The summed E-state index contributed by atoms with van der Waals surface area (Å²) in [5.74, 6) is 0.353. The average Bonchev–Trinajstić information content (AvgIpc) is 3.29. The summed E-state index contributed by atoms with van der Waals surface area (Å²) < 4.78 is 10.6. The molecule has 24 heavy (non-hydrogen) atoms. The van der Waals surface area contributed by atoms with Crippen molar-refractivity contribution in [2.24, 2.45) is 5.41 Å². The number of nitrogens with zero attached hydrogens (tertiary/aromatic N) is 2. The van der Waals surface area contributed by atoms with E-state index in [1.165, 1.54) is 11.3 Å². The second-order valence-electron chi connectivity index (χ2n) is 5.85. The molecule has 124 valence electrons. The van der Waals surface area contributed by atoms with Crippen LogP contribution in [-0.4, -0.2) is 18.1 Å². The maximum absolute atomic E-state index is 12.2. The number of hydrogen-bond donors (Lipinski definition) is 0. The number of rotatable bonds is 5. The van der Waals surface area contributed by atoms with Crippen molar-refractivity contribution >= 4 is 17.3 Å². The van der Waals surface area contributed by atoms with Crippen LogP contribution in [0, 0.1) is 16.7 Å². The second kappa shape index (κ2) is 7.02. The molecule has 0 radical (unpaired) electrons. The maximum atomic E-state index is 12.2. The van der Waals surface area contributed by atoms with Crippen molar-refractivity contribution in [3.05, 3.63) is 35.3 Å². The molecule has 0 aliphatic heterocycles. The zero-order valence-electron chi connectivity index (χ0n) is 13.4. The van der Waals surface area contributed by atoms with Gasteiger partial charge in [0.25, 0.3) is 0 Å². The molecule has 1 aromatic heterocycles. The Morgan fingerprint density at radius 2 is 2.21 bits per heavy atom. The predicted molar refractivity (Wildman–Crippen MR) is 90.4 cm³/mol. The van der Waals surface area contributed by atoms with Crippen LogP contribution in [0.15, 0.2) is 29.6 Å². The average molecular weight is 342 g/mol. The van der Waals surface area contributed by atoms with E-state index in [4.69, 9.17) is 9.47 Å². The first kappa shape index (κ1) is 16.5. The number of methoxy groups -OCH3 is 1. The van der Waals surface area contributed by atoms with Crippen molar-refractivity contribution < 1.29 is 14.3 Å². The highest BCUT2D eigenvalue weighted by Crippen LogP contribution is 2.38. The summed E-state index contributed by atoms with van der Waals surface area (Å²) in [4.78, 5) is 16.8. The molecule has 1 aromatic carbocycles. The van der Waals surface area contributed by atoms with Crippen LogP contribution in [0.4, 0.5) is 0 Å². The molecule has 1 heterocycles. The molecule has 0 saturated heterocycles. The van der Waals surface area contributed by atoms with Gasteiger partial charge in [-0.2, -0.15) is 5.26 Å². The third-order valence-corrected chi connectivity index (χ3v) is 5.22. The third kappa shape index (κ3) is 3.26. The van der Waals surface area contributed by atoms with Crippen molar-refractivity contribution in [3.8, 4) is 22.4 Å². The fraction of sp³-hybridized carbons (Fsp3) is 0.389. The summed E-state index contributed by atoms with van der Waals surface area (Å²) in [6.07, 6.45) is 2.99. The lowest BCUT2D eigenvalue weighted by Gasteiger charge is -2.17. The Labute approximate surface area is 144 Å². The van der Waals surface area contributed by atoms with E-state index in [0.29, 0.717) is 18.5 Å². The van der Waals surface area contributed by atoms with Gasteiger partial charge in [-0.1, -0.05) is 25.0 Å². The summed E-state index contributed by atoms with van der Waals surface area (Å²) >= 11 is 1.49. The second-order valence-corrected chi connectivity index (χ2v) is 6.71. The molecule has 0 unspecified atom stereocenters. The van der Waals surface area contributed by atoms with Crippen LogP contribution in [0.1, 0.15) is 31.4 Å². The van der Waals surface area contributed by atoms with E-state index in [1.54, 1.807) is 7.11 Å². The standard InChI is InChI=1S/C18H18N2O3S/c1-22-15-6-4-5-13(9-15)16-20-14(11-24-16)10-23-17(21)18(12-19)7-2-3-8-18/h4-6,9,11H,2-3,7-8,10H2,1H3. The number of ether oxygens (including phenoxy) is 2. The zero-order valence-corrected chi connectivity index (χ0v) is 14.3. The van der Waals surface area contributed by atoms with Gasteiger partial charge in [-0.05, 0) is 25.0 Å². The van der Waals surface area contributed by atoms with Crippen LogP contribution in [0.5, 0.6) is 5.75 Å². The molecular formula is C18H18N2O3S. The van der Waals surface area contributed by atoms with Crippen LogP contribution in [-0.2, 0) is 16.1 Å². The number of esters is 1. The van der Waals surface area contributed by atoms with E-state index in [-0.39, 0.29) is 6.61 Å². The van der Waals surface area contributed by atoms with Crippen molar-refractivity contribution in [1.82, 2.24) is 4.98 Å². The van der Waals surface area contributed by atoms with Crippen LogP contribution in [0.2, 0.25) is 0 Å². The first-order valence-corrected chi connectivity index (χ1v) is 8.72. The molecule has 0 amide bonds. The topological polar surface area (TPSA) is 72.2 Å². The first-order valence-electron chi connectivity index (χ1n) is 7.84. The van der Waals surface area contributed by atoms with Gasteiger partial charge in [-0.3, -0.25) is 4.79 Å². The largest absolute Gasteiger partial charge is 0.497 e. The van der Waals surface area contributed by atoms with Gasteiger partial charge in [0.05, 0.1) is 18.9 Å². The molecule has 0 bridgehead atoms. The summed E-state index contributed by atoms with van der Waals surface area (Å²) in [5, 5.41) is 12.0. The van der Waals surface area contributed by atoms with Gasteiger partial charge >= 0.3 is 5.97 Å². The zero-order chi connectivity index (χ0) is 17.0. The van der Waals surface area contributed by atoms with Gasteiger partial charge in [-0.15, -0.1) is 11.3 Å². The van der Waals surface area contributed by atoms with Crippen molar-refractivity contribution in [2.75, 3.05) is 7.11 Å². The molecule has 3 rings (SSSR count). The smallest absolute Gasteiger partial charge is 0.326 e. The number of carbonyl (C=O) groups excluding carboxylic acids is 1. The lowest BCUT2D eigenvalue weighted by Crippen LogP contribution is -2.28. The molecule has 0 spiro atoms. The Morgan fingerprint density at radius 1 is 1.42 bits per heavy atom. The summed E-state index contributed by atoms with van der Waals surface area (Å²) in [5.41, 5.74) is 0.699. The van der Waals surface area contributed by atoms with E-state index >= 15 is 0 Å². The number of hydrogen-bond acceptors (Lipinski definition) is 6. The number of aromatic nitrogens is 1. The third-order valence-electron chi connectivity index (χ3n) is 4.28. The minimum Gasteiger partial charge on any atom is -0.497 e. The highest BCUT2D eigenvalue weighted by molar-refractivity contribution is 7.13. The lowest BCUT2D eigenvalue weighted by molar-refractivity contribution is -0.153. The minimum absolute atomic E-state index is 0.0999. The highest BCUT2D eigenvalue weighted by atomic mass is 32.1. The van der Waals surface area contributed by atoms with Crippen LogP contribution in [0.3, 0.4) is 0 Å². The van der Waals surface area contributed by atoms with Gasteiger partial charge in [0.15, 0.2) is 5.41 Å². The summed E-state index contributed by atoms with van der Waals surface area (Å²) in [6.45, 7) is 0.0999. The molecule has 1 aliphatic carbocycles. The van der Waals surface area contributed by atoms with Crippen LogP contribution in [0.25, 0.3) is 10.6 Å². The number of nitriles is 1. The first-order chi connectivity index (χ1) is 11.7. The molecule has 1 saturated carbocycles. The lowest BCUT2D eigenvalue weighted by atomic mass is 9.88. The summed E-state index contributed by atoms with van der Waals surface area (Å²) in [6, 6.07) is 9.81. The minimum atomic E-state index is -0.953. The van der Waals surface area contributed by atoms with E-state index in [2.05, 4.69) is 11.1 Å². The molecule has 1 fully saturated rings. The van der Waals surface area contributed by atoms with Crippen molar-refractivity contribution in [3.63, 3.8) is 0 Å². The van der Waals surface area contributed by atoms with E-state index < -0.39 is 11.4 Å². The van der Waals surface area contributed by atoms with Crippen LogP contribution >= 0.6 is 11.3 Å². The molecule has 2 aromatic rings. The SMILES string of the molecule is COc1cccc(-c2nc(COC(=O)C3(C#N)CCCC3)cs2)c1. The fourth-order valence-corrected chi connectivity index (χ4v) is 3.68. The maximum Gasteiger partial charge on any atom is 0.326 e. The molecule has 6 heteroatoms. The molecule has 0 atom stereocenters. The Kier molecular flexibility index (Phi) is 4.81.